The van der Waals surface area contributed by atoms with E-state index in [0.717, 1.165) is 29.1 Å². The van der Waals surface area contributed by atoms with Crippen molar-refractivity contribution in [1.29, 1.82) is 0 Å². The Bertz CT molecular complexity index is 682. The van der Waals surface area contributed by atoms with E-state index >= 15 is 0 Å². The monoisotopic (exact) mass is 314 g/mol. The van der Waals surface area contributed by atoms with Crippen LogP contribution in [0, 0.1) is 0 Å². The summed E-state index contributed by atoms with van der Waals surface area (Å²) in [5.74, 6) is 0.582. The molecule has 1 atom stereocenters. The predicted molar refractivity (Wildman–Crippen MR) is 95.5 cm³/mol. The van der Waals surface area contributed by atoms with Crippen LogP contribution >= 0.6 is 24.0 Å². The second-order valence-electron chi connectivity index (χ2n) is 5.23. The SMILES string of the molecule is CSc1cccc(NCC2Cc3ccccc32)c1C(N)=S. The zero-order valence-electron chi connectivity index (χ0n) is 11.9. The van der Waals surface area contributed by atoms with Crippen LogP contribution in [0.1, 0.15) is 22.6 Å². The smallest absolute Gasteiger partial charge is 0.107 e. The van der Waals surface area contributed by atoms with E-state index in [1.54, 1.807) is 11.8 Å². The van der Waals surface area contributed by atoms with Crippen molar-refractivity contribution >= 4 is 34.7 Å². The first-order chi connectivity index (χ1) is 10.2. The quantitative estimate of drug-likeness (QED) is 0.650. The molecule has 0 radical (unpaired) electrons. The number of anilines is 1. The van der Waals surface area contributed by atoms with Gasteiger partial charge in [-0.05, 0) is 35.9 Å². The fourth-order valence-corrected chi connectivity index (χ4v) is 3.80. The number of hydrogen-bond acceptors (Lipinski definition) is 3. The molecule has 2 aromatic rings. The lowest BCUT2D eigenvalue weighted by atomic mass is 9.77. The molecule has 1 aliphatic rings. The van der Waals surface area contributed by atoms with E-state index in [4.69, 9.17) is 18.0 Å². The van der Waals surface area contributed by atoms with Gasteiger partial charge in [-0.3, -0.25) is 0 Å². The van der Waals surface area contributed by atoms with Gasteiger partial charge in [-0.1, -0.05) is 42.5 Å². The van der Waals surface area contributed by atoms with E-state index in [1.165, 1.54) is 11.1 Å². The molecule has 0 spiro atoms. The molecule has 2 aromatic carbocycles. The van der Waals surface area contributed by atoms with Crippen LogP contribution in [-0.4, -0.2) is 17.8 Å². The van der Waals surface area contributed by atoms with Crippen LogP contribution in [-0.2, 0) is 6.42 Å². The molecule has 0 saturated heterocycles. The maximum Gasteiger partial charge on any atom is 0.107 e. The van der Waals surface area contributed by atoms with Crippen LogP contribution < -0.4 is 11.1 Å². The number of hydrogen-bond donors (Lipinski definition) is 2. The maximum absolute atomic E-state index is 5.90. The summed E-state index contributed by atoms with van der Waals surface area (Å²) >= 11 is 6.89. The van der Waals surface area contributed by atoms with Crippen molar-refractivity contribution in [2.24, 2.45) is 5.73 Å². The first-order valence-electron chi connectivity index (χ1n) is 6.99. The molecule has 3 N–H and O–H groups in total. The fourth-order valence-electron chi connectivity index (χ4n) is 2.88. The standard InChI is InChI=1S/C17H18N2S2/c1-21-15-8-4-7-14(16(15)17(18)20)19-10-12-9-11-5-2-3-6-13(11)12/h2-8,12,19H,9-10H2,1H3,(H2,18,20). The minimum Gasteiger partial charge on any atom is -0.389 e. The van der Waals surface area contributed by atoms with Crippen LogP contribution in [0.4, 0.5) is 5.69 Å². The second kappa shape index (κ2) is 6.08. The third-order valence-corrected chi connectivity index (χ3v) is 4.98. The molecule has 0 amide bonds. The third-order valence-electron chi connectivity index (χ3n) is 3.99. The van der Waals surface area contributed by atoms with Crippen LogP contribution in [0.25, 0.3) is 0 Å². The molecule has 108 valence electrons. The van der Waals surface area contributed by atoms with Crippen LogP contribution in [0.5, 0.6) is 0 Å². The summed E-state index contributed by atoms with van der Waals surface area (Å²) < 4.78 is 0. The molecule has 1 unspecified atom stereocenters. The zero-order valence-corrected chi connectivity index (χ0v) is 13.6. The van der Waals surface area contributed by atoms with Crippen LogP contribution in [0.2, 0.25) is 0 Å². The van der Waals surface area contributed by atoms with Gasteiger partial charge in [0.2, 0.25) is 0 Å². The van der Waals surface area contributed by atoms with Crippen molar-refractivity contribution in [3.8, 4) is 0 Å². The van der Waals surface area contributed by atoms with Crippen molar-refractivity contribution in [2.45, 2.75) is 17.2 Å². The van der Waals surface area contributed by atoms with E-state index in [-0.39, 0.29) is 0 Å². The topological polar surface area (TPSA) is 38.0 Å². The Morgan fingerprint density at radius 2 is 2.10 bits per heavy atom. The van der Waals surface area contributed by atoms with E-state index in [9.17, 15) is 0 Å². The highest BCUT2D eigenvalue weighted by molar-refractivity contribution is 7.98. The summed E-state index contributed by atoms with van der Waals surface area (Å²) in [6, 6.07) is 14.8. The minimum atomic E-state index is 0.455. The first-order valence-corrected chi connectivity index (χ1v) is 8.62. The molecular weight excluding hydrogens is 296 g/mol. The molecular formula is C17H18N2S2. The average Bonchev–Trinajstić information content (AvgIpc) is 2.47. The number of rotatable bonds is 5. The molecule has 0 bridgehead atoms. The first kappa shape index (κ1) is 14.4. The Morgan fingerprint density at radius 1 is 1.29 bits per heavy atom. The fraction of sp³-hybridized carbons (Fsp3) is 0.235. The molecule has 0 saturated carbocycles. The Kier molecular flexibility index (Phi) is 4.17. The lowest BCUT2D eigenvalue weighted by molar-refractivity contribution is 0.635. The van der Waals surface area contributed by atoms with Gasteiger partial charge in [0, 0.05) is 28.6 Å². The highest BCUT2D eigenvalue weighted by atomic mass is 32.2. The number of benzene rings is 2. The van der Waals surface area contributed by atoms with E-state index < -0.39 is 0 Å². The molecule has 2 nitrogen and oxygen atoms in total. The van der Waals surface area contributed by atoms with Crippen molar-refractivity contribution in [3.63, 3.8) is 0 Å². The van der Waals surface area contributed by atoms with E-state index in [0.29, 0.717) is 10.9 Å². The van der Waals surface area contributed by atoms with Gasteiger partial charge in [0.25, 0.3) is 0 Å². The Hall–Kier alpha value is -1.52. The number of fused-ring (bicyclic) bond motifs is 1. The molecule has 3 rings (SSSR count). The zero-order chi connectivity index (χ0) is 14.8. The van der Waals surface area contributed by atoms with Crippen molar-refractivity contribution in [2.75, 3.05) is 18.1 Å². The van der Waals surface area contributed by atoms with Gasteiger partial charge in [0.05, 0.1) is 0 Å². The van der Waals surface area contributed by atoms with Crippen molar-refractivity contribution in [3.05, 3.63) is 59.2 Å². The summed E-state index contributed by atoms with van der Waals surface area (Å²) in [6.45, 7) is 0.921. The summed E-state index contributed by atoms with van der Waals surface area (Å²) in [7, 11) is 0. The van der Waals surface area contributed by atoms with Gasteiger partial charge in [-0.15, -0.1) is 11.8 Å². The van der Waals surface area contributed by atoms with E-state index in [1.807, 2.05) is 12.3 Å². The molecule has 0 heterocycles. The van der Waals surface area contributed by atoms with Gasteiger partial charge in [0.15, 0.2) is 0 Å². The molecule has 1 aliphatic carbocycles. The Balaban J connectivity index is 1.76. The summed E-state index contributed by atoms with van der Waals surface area (Å²) in [6.07, 6.45) is 3.19. The minimum absolute atomic E-state index is 0.455. The molecule has 0 aromatic heterocycles. The molecule has 0 aliphatic heterocycles. The number of nitrogens with one attached hydrogen (secondary N) is 1. The van der Waals surface area contributed by atoms with Gasteiger partial charge in [0.1, 0.15) is 4.99 Å². The summed E-state index contributed by atoms with van der Waals surface area (Å²) in [4.78, 5) is 1.58. The predicted octanol–water partition coefficient (Wildman–Crippen LogP) is 3.79. The number of thioether (sulfide) groups is 1. The van der Waals surface area contributed by atoms with Crippen molar-refractivity contribution in [1.82, 2.24) is 0 Å². The van der Waals surface area contributed by atoms with Gasteiger partial charge < -0.3 is 11.1 Å². The van der Waals surface area contributed by atoms with Crippen molar-refractivity contribution < 1.29 is 0 Å². The Morgan fingerprint density at radius 3 is 2.81 bits per heavy atom. The Labute approximate surface area is 135 Å². The van der Waals surface area contributed by atoms with Crippen LogP contribution in [0.15, 0.2) is 47.4 Å². The lowest BCUT2D eigenvalue weighted by Gasteiger charge is -2.31. The third kappa shape index (κ3) is 2.78. The highest BCUT2D eigenvalue weighted by Gasteiger charge is 2.25. The van der Waals surface area contributed by atoms with Gasteiger partial charge >= 0.3 is 0 Å². The maximum atomic E-state index is 5.90. The normalized spacial score (nSPS) is 16.0. The average molecular weight is 314 g/mol. The molecule has 4 heteroatoms. The summed E-state index contributed by atoms with van der Waals surface area (Å²) in [5.41, 5.74) is 10.8. The van der Waals surface area contributed by atoms with E-state index in [2.05, 4.69) is 41.7 Å². The second-order valence-corrected chi connectivity index (χ2v) is 6.52. The van der Waals surface area contributed by atoms with Gasteiger partial charge in [-0.2, -0.15) is 0 Å². The van der Waals surface area contributed by atoms with Crippen LogP contribution in [0.3, 0.4) is 0 Å². The molecule has 21 heavy (non-hydrogen) atoms. The molecule has 0 fully saturated rings. The summed E-state index contributed by atoms with van der Waals surface area (Å²) in [5, 5.41) is 3.53. The largest absolute Gasteiger partial charge is 0.389 e. The number of nitrogens with two attached hydrogens (primary N) is 1. The lowest BCUT2D eigenvalue weighted by Crippen LogP contribution is -2.25. The van der Waals surface area contributed by atoms with Gasteiger partial charge in [-0.25, -0.2) is 0 Å². The highest BCUT2D eigenvalue weighted by Crippen LogP contribution is 2.35. The number of thiocarbonyl (C=S) groups is 1.